The third-order valence-electron chi connectivity index (χ3n) is 3.14. The number of hydrogen-bond acceptors (Lipinski definition) is 3. The summed E-state index contributed by atoms with van der Waals surface area (Å²) in [5.41, 5.74) is 3.68. The lowest BCUT2D eigenvalue weighted by atomic mass is 9.94. The molecule has 0 fully saturated rings. The molecule has 0 aliphatic heterocycles. The number of nitrogens with zero attached hydrogens (tertiary/aromatic N) is 1. The first-order valence-electron chi connectivity index (χ1n) is 6.35. The average Bonchev–Trinajstić information content (AvgIpc) is 2.36. The number of hydrogen-bond donors (Lipinski definition) is 1. The minimum Gasteiger partial charge on any atom is -0.330 e. The minimum atomic E-state index is -4.82. The van der Waals surface area contributed by atoms with Crippen LogP contribution in [-0.4, -0.2) is 32.9 Å². The highest BCUT2D eigenvalue weighted by Crippen LogP contribution is 2.38. The summed E-state index contributed by atoms with van der Waals surface area (Å²) in [4.78, 5) is -0.931. The smallest absolute Gasteiger partial charge is 0.330 e. The maximum atomic E-state index is 13.1. The number of halogens is 5. The fraction of sp³-hybridized carbons (Fsp3) is 0.538. The van der Waals surface area contributed by atoms with E-state index >= 15 is 0 Å². The maximum absolute atomic E-state index is 13.1. The van der Waals surface area contributed by atoms with Crippen LogP contribution in [0, 0.1) is 5.41 Å². The summed E-state index contributed by atoms with van der Waals surface area (Å²) < 4.78 is 65.1. The van der Waals surface area contributed by atoms with Gasteiger partial charge in [-0.15, -0.1) is 12.4 Å². The van der Waals surface area contributed by atoms with Gasteiger partial charge in [-0.1, -0.05) is 31.5 Å². The van der Waals surface area contributed by atoms with Gasteiger partial charge >= 0.3 is 6.18 Å². The van der Waals surface area contributed by atoms with Gasteiger partial charge in [-0.05, 0) is 24.1 Å². The summed E-state index contributed by atoms with van der Waals surface area (Å²) in [5, 5.41) is -0.466. The Morgan fingerprint density at radius 1 is 1.26 bits per heavy atom. The van der Waals surface area contributed by atoms with Crippen LogP contribution in [0.5, 0.6) is 0 Å². The Kier molecular flexibility index (Phi) is 7.39. The van der Waals surface area contributed by atoms with Crippen LogP contribution in [0.2, 0.25) is 5.02 Å². The summed E-state index contributed by atoms with van der Waals surface area (Å²) in [6.07, 6.45) is -4.82. The van der Waals surface area contributed by atoms with E-state index in [1.165, 1.54) is 7.05 Å². The van der Waals surface area contributed by atoms with Crippen LogP contribution in [0.25, 0.3) is 0 Å². The zero-order valence-corrected chi connectivity index (χ0v) is 15.2. The molecule has 0 aromatic heterocycles. The zero-order valence-electron chi connectivity index (χ0n) is 12.8. The second kappa shape index (κ2) is 7.57. The van der Waals surface area contributed by atoms with Crippen molar-refractivity contribution in [2.45, 2.75) is 24.9 Å². The first-order chi connectivity index (χ1) is 9.83. The normalized spacial score (nSPS) is 13.1. The molecule has 1 aromatic rings. The van der Waals surface area contributed by atoms with E-state index in [0.717, 1.165) is 16.4 Å². The number of rotatable bonds is 5. The monoisotopic (exact) mass is 394 g/mol. The van der Waals surface area contributed by atoms with E-state index in [9.17, 15) is 21.6 Å². The SMILES string of the molecule is CN(CC(C)(C)CN)S(=O)(=O)c1c(Cl)cccc1C(F)(F)F.Cl. The van der Waals surface area contributed by atoms with Crippen LogP contribution >= 0.6 is 24.0 Å². The van der Waals surface area contributed by atoms with Crippen molar-refractivity contribution >= 4 is 34.0 Å². The summed E-state index contributed by atoms with van der Waals surface area (Å²) in [6, 6.07) is 2.88. The van der Waals surface area contributed by atoms with Crippen molar-refractivity contribution in [1.29, 1.82) is 0 Å². The van der Waals surface area contributed by atoms with Crippen LogP contribution in [-0.2, 0) is 16.2 Å². The van der Waals surface area contributed by atoms with E-state index in [2.05, 4.69) is 0 Å². The predicted molar refractivity (Wildman–Crippen MR) is 86.4 cm³/mol. The van der Waals surface area contributed by atoms with E-state index in [-0.39, 0.29) is 25.5 Å². The zero-order chi connectivity index (χ0) is 17.3. The van der Waals surface area contributed by atoms with Crippen molar-refractivity contribution in [2.75, 3.05) is 20.1 Å². The van der Waals surface area contributed by atoms with Gasteiger partial charge in [0.2, 0.25) is 10.0 Å². The molecule has 0 amide bonds. The van der Waals surface area contributed by atoms with Crippen LogP contribution in [0.15, 0.2) is 23.1 Å². The summed E-state index contributed by atoms with van der Waals surface area (Å²) in [5.74, 6) is 0. The number of nitrogens with two attached hydrogens (primary N) is 1. The molecule has 0 radical (unpaired) electrons. The number of sulfonamides is 1. The number of benzene rings is 1. The van der Waals surface area contributed by atoms with Crippen molar-refractivity contribution in [2.24, 2.45) is 11.1 Å². The Labute approximate surface area is 145 Å². The molecule has 1 aromatic carbocycles. The highest BCUT2D eigenvalue weighted by atomic mass is 35.5. The molecule has 0 saturated carbocycles. The standard InChI is InChI=1S/C13H18ClF3N2O2S.ClH/c1-12(2,7-18)8-19(3)22(20,21)11-9(13(15,16)17)5-4-6-10(11)14;/h4-6H,7-8,18H2,1-3H3;1H. The third-order valence-corrected chi connectivity index (χ3v) is 5.48. The fourth-order valence-corrected chi connectivity index (χ4v) is 3.98. The molecule has 134 valence electrons. The lowest BCUT2D eigenvalue weighted by molar-refractivity contribution is -0.139. The highest BCUT2D eigenvalue weighted by Gasteiger charge is 2.40. The molecule has 2 N–H and O–H groups in total. The Morgan fingerprint density at radius 3 is 2.22 bits per heavy atom. The van der Waals surface area contributed by atoms with Gasteiger partial charge in [0.25, 0.3) is 0 Å². The van der Waals surface area contributed by atoms with E-state index in [1.807, 2.05) is 0 Å². The number of alkyl halides is 3. The van der Waals surface area contributed by atoms with Crippen LogP contribution in [0.4, 0.5) is 13.2 Å². The molecule has 0 atom stereocenters. The Balaban J connectivity index is 0.00000484. The molecule has 0 spiro atoms. The molecular weight excluding hydrogens is 376 g/mol. The second-order valence-electron chi connectivity index (χ2n) is 5.74. The molecule has 23 heavy (non-hydrogen) atoms. The first-order valence-corrected chi connectivity index (χ1v) is 8.17. The maximum Gasteiger partial charge on any atom is 0.417 e. The molecule has 4 nitrogen and oxygen atoms in total. The third kappa shape index (κ3) is 5.22. The summed E-state index contributed by atoms with van der Waals surface area (Å²) >= 11 is 5.74. The van der Waals surface area contributed by atoms with Gasteiger partial charge in [0.05, 0.1) is 10.6 Å². The lowest BCUT2D eigenvalue weighted by Crippen LogP contribution is -2.40. The molecule has 0 aliphatic rings. The van der Waals surface area contributed by atoms with Gasteiger partial charge < -0.3 is 5.73 Å². The topological polar surface area (TPSA) is 63.4 Å². The molecule has 0 saturated heterocycles. The first kappa shape index (κ1) is 22.5. The van der Waals surface area contributed by atoms with Gasteiger partial charge in [-0.2, -0.15) is 13.2 Å². The van der Waals surface area contributed by atoms with Crippen LogP contribution in [0.1, 0.15) is 19.4 Å². The summed E-state index contributed by atoms with van der Waals surface area (Å²) in [6.45, 7) is 3.59. The minimum absolute atomic E-state index is 0. The van der Waals surface area contributed by atoms with Crippen LogP contribution in [0.3, 0.4) is 0 Å². The van der Waals surface area contributed by atoms with E-state index in [4.69, 9.17) is 17.3 Å². The Bertz CT molecular complexity index is 649. The van der Waals surface area contributed by atoms with Crippen molar-refractivity contribution in [1.82, 2.24) is 4.31 Å². The lowest BCUT2D eigenvalue weighted by Gasteiger charge is -2.29. The average molecular weight is 395 g/mol. The second-order valence-corrected chi connectivity index (χ2v) is 8.13. The quantitative estimate of drug-likeness (QED) is 0.832. The van der Waals surface area contributed by atoms with Crippen molar-refractivity contribution in [3.05, 3.63) is 28.8 Å². The largest absolute Gasteiger partial charge is 0.417 e. The van der Waals surface area contributed by atoms with E-state index < -0.39 is 37.1 Å². The van der Waals surface area contributed by atoms with Gasteiger partial charge in [0.15, 0.2) is 0 Å². The van der Waals surface area contributed by atoms with Crippen molar-refractivity contribution in [3.8, 4) is 0 Å². The fourth-order valence-electron chi connectivity index (χ4n) is 1.90. The molecule has 1 rings (SSSR count). The van der Waals surface area contributed by atoms with Gasteiger partial charge in [0.1, 0.15) is 4.90 Å². The highest BCUT2D eigenvalue weighted by molar-refractivity contribution is 7.89. The predicted octanol–water partition coefficient (Wildman–Crippen LogP) is 3.39. The Morgan fingerprint density at radius 2 is 1.78 bits per heavy atom. The molecular formula is C13H19Cl2F3N2O2S. The molecule has 0 aliphatic carbocycles. The molecule has 0 heterocycles. The van der Waals surface area contributed by atoms with Gasteiger partial charge in [0, 0.05) is 13.6 Å². The van der Waals surface area contributed by atoms with Crippen molar-refractivity contribution < 1.29 is 21.6 Å². The van der Waals surface area contributed by atoms with Gasteiger partial charge in [-0.25, -0.2) is 12.7 Å². The molecule has 0 unspecified atom stereocenters. The van der Waals surface area contributed by atoms with E-state index in [0.29, 0.717) is 6.07 Å². The van der Waals surface area contributed by atoms with Gasteiger partial charge in [-0.3, -0.25) is 0 Å². The van der Waals surface area contributed by atoms with Crippen LogP contribution < -0.4 is 5.73 Å². The molecule has 0 bridgehead atoms. The molecule has 10 heteroatoms. The summed E-state index contributed by atoms with van der Waals surface area (Å²) in [7, 11) is -3.20. The Hall–Kier alpha value is -0.540. The van der Waals surface area contributed by atoms with Crippen molar-refractivity contribution in [3.63, 3.8) is 0 Å². The van der Waals surface area contributed by atoms with E-state index in [1.54, 1.807) is 13.8 Å².